The van der Waals surface area contributed by atoms with Crippen LogP contribution in [-0.4, -0.2) is 30.2 Å². The number of H-pyrrole nitrogens is 1. The first-order valence-corrected chi connectivity index (χ1v) is 14.3. The van der Waals surface area contributed by atoms with Crippen molar-refractivity contribution >= 4 is 84.1 Å². The third-order valence-electron chi connectivity index (χ3n) is 6.04. The Hall–Kier alpha value is -3.63. The lowest BCUT2D eigenvalue weighted by molar-refractivity contribution is 0.0732. The van der Waals surface area contributed by atoms with E-state index in [1.165, 1.54) is 13.3 Å². The summed E-state index contributed by atoms with van der Waals surface area (Å²) in [6.45, 7) is 0. The Labute approximate surface area is 261 Å². The molecule has 0 bridgehead atoms. The second kappa shape index (κ2) is 12.5. The van der Waals surface area contributed by atoms with Crippen molar-refractivity contribution in [3.8, 4) is 22.6 Å². The van der Waals surface area contributed by atoms with Gasteiger partial charge in [0.1, 0.15) is 11.4 Å². The second-order valence-electron chi connectivity index (χ2n) is 8.67. The molecule has 0 aliphatic heterocycles. The lowest BCUT2D eigenvalue weighted by Gasteiger charge is -2.11. The largest absolute Gasteiger partial charge is 0.497 e. The third kappa shape index (κ3) is 6.33. The number of halogens is 4. The lowest BCUT2D eigenvalue weighted by Crippen LogP contribution is -2.19. The van der Waals surface area contributed by atoms with E-state index in [0.29, 0.717) is 52.5 Å². The molecule has 7 nitrogen and oxygen atoms in total. The van der Waals surface area contributed by atoms with Gasteiger partial charge >= 0.3 is 5.97 Å². The number of fused-ring (bicyclic) bond motifs is 1. The Kier molecular flexibility index (Phi) is 8.79. The number of nitrogens with zero attached hydrogens (tertiary/aromatic N) is 1. The van der Waals surface area contributed by atoms with Crippen LogP contribution in [0.5, 0.6) is 11.5 Å². The van der Waals surface area contributed by atoms with E-state index in [9.17, 15) is 9.59 Å². The number of carbonyl (C=O) groups is 2. The van der Waals surface area contributed by atoms with Crippen molar-refractivity contribution in [3.63, 3.8) is 0 Å². The molecule has 41 heavy (non-hydrogen) atoms. The topological polar surface area (TPSA) is 92.8 Å². The van der Waals surface area contributed by atoms with Crippen LogP contribution in [0.1, 0.15) is 26.4 Å². The number of methoxy groups -OCH3 is 1. The van der Waals surface area contributed by atoms with Gasteiger partial charge in [-0.2, -0.15) is 5.10 Å². The lowest BCUT2D eigenvalue weighted by atomic mass is 10.0. The molecule has 5 aromatic rings. The van der Waals surface area contributed by atoms with Gasteiger partial charge in [0.15, 0.2) is 5.75 Å². The monoisotopic (exact) mass is 713 g/mol. The normalized spacial score (nSPS) is 11.1. The van der Waals surface area contributed by atoms with Crippen molar-refractivity contribution in [3.05, 3.63) is 115 Å². The van der Waals surface area contributed by atoms with Gasteiger partial charge in [-0.1, -0.05) is 63.4 Å². The summed E-state index contributed by atoms with van der Waals surface area (Å²) in [6.07, 6.45) is 1.39. The molecule has 11 heteroatoms. The number of benzene rings is 4. The van der Waals surface area contributed by atoms with Crippen molar-refractivity contribution in [1.82, 2.24) is 10.4 Å². The van der Waals surface area contributed by atoms with E-state index >= 15 is 0 Å². The van der Waals surface area contributed by atoms with Crippen molar-refractivity contribution in [2.45, 2.75) is 0 Å². The highest BCUT2D eigenvalue weighted by Gasteiger charge is 2.21. The number of amides is 1. The predicted molar refractivity (Wildman–Crippen MR) is 169 cm³/mol. The van der Waals surface area contributed by atoms with E-state index in [0.717, 1.165) is 5.39 Å². The minimum atomic E-state index is -0.591. The highest BCUT2D eigenvalue weighted by molar-refractivity contribution is 9.11. The summed E-state index contributed by atoms with van der Waals surface area (Å²) in [6, 6.07) is 22.6. The van der Waals surface area contributed by atoms with E-state index in [-0.39, 0.29) is 11.4 Å². The van der Waals surface area contributed by atoms with Crippen LogP contribution >= 0.6 is 55.1 Å². The number of rotatable bonds is 7. The summed E-state index contributed by atoms with van der Waals surface area (Å²) in [7, 11) is 1.51. The molecule has 1 heterocycles. The average molecular weight is 716 g/mol. The number of aromatic amines is 1. The highest BCUT2D eigenvalue weighted by Crippen LogP contribution is 2.38. The maximum absolute atomic E-state index is 13.4. The zero-order chi connectivity index (χ0) is 29.1. The molecule has 0 saturated heterocycles. The highest BCUT2D eigenvalue weighted by atomic mass is 79.9. The smallest absolute Gasteiger partial charge is 0.343 e. The van der Waals surface area contributed by atoms with Gasteiger partial charge in [0.2, 0.25) is 0 Å². The quantitative estimate of drug-likeness (QED) is 0.0764. The molecule has 1 aromatic heterocycles. The molecule has 0 spiro atoms. The standard InChI is InChI=1S/C30H19Br2Cl2N3O4/c1-40-20-6-4-5-16(12-20)30(39)41-28-17(11-18(31)13-23(28)32)15-35-37-29(38)27-26(21-7-2-3-8-24(21)34)22-14-19(33)9-10-25(22)36-27/h2-15,36H,1H3,(H,37,38). The zero-order valence-electron chi connectivity index (χ0n) is 21.2. The Bertz CT molecular complexity index is 1840. The van der Waals surface area contributed by atoms with Gasteiger partial charge < -0.3 is 14.5 Å². The Balaban J connectivity index is 1.45. The molecule has 0 radical (unpaired) electrons. The van der Waals surface area contributed by atoms with E-state index in [1.54, 1.807) is 60.7 Å². The second-order valence-corrected chi connectivity index (χ2v) is 11.3. The molecule has 0 saturated carbocycles. The Morgan fingerprint density at radius 2 is 1.78 bits per heavy atom. The summed E-state index contributed by atoms with van der Waals surface area (Å²) >= 11 is 19.7. The first-order chi connectivity index (χ1) is 19.7. The molecule has 5 rings (SSSR count). The molecule has 2 N–H and O–H groups in total. The molecule has 0 aliphatic rings. The summed E-state index contributed by atoms with van der Waals surface area (Å²) in [4.78, 5) is 29.4. The third-order valence-corrected chi connectivity index (χ3v) is 7.65. The van der Waals surface area contributed by atoms with Crippen LogP contribution in [0.15, 0.2) is 92.9 Å². The molecular weight excluding hydrogens is 697 g/mol. The molecule has 0 atom stereocenters. The van der Waals surface area contributed by atoms with Crippen LogP contribution in [0.3, 0.4) is 0 Å². The Morgan fingerprint density at radius 1 is 0.976 bits per heavy atom. The molecule has 1 amide bonds. The first kappa shape index (κ1) is 28.9. The summed E-state index contributed by atoms with van der Waals surface area (Å²) in [5.74, 6) is -0.357. The fourth-order valence-corrected chi connectivity index (χ4v) is 5.92. The number of carbonyl (C=O) groups excluding carboxylic acids is 2. The molecule has 0 unspecified atom stereocenters. The average Bonchev–Trinajstić information content (AvgIpc) is 3.33. The number of ether oxygens (including phenoxy) is 2. The van der Waals surface area contributed by atoms with Gasteiger partial charge in [0.25, 0.3) is 5.91 Å². The van der Waals surface area contributed by atoms with Crippen LogP contribution in [0.25, 0.3) is 22.0 Å². The van der Waals surface area contributed by atoms with Gasteiger partial charge in [-0.3, -0.25) is 4.79 Å². The van der Waals surface area contributed by atoms with Crippen LogP contribution < -0.4 is 14.9 Å². The minimum absolute atomic E-state index is 0.219. The van der Waals surface area contributed by atoms with Crippen molar-refractivity contribution in [1.29, 1.82) is 0 Å². The van der Waals surface area contributed by atoms with Crippen LogP contribution in [0.4, 0.5) is 0 Å². The molecule has 0 fully saturated rings. The molecular formula is C30H19Br2Cl2N3O4. The molecule has 206 valence electrons. The van der Waals surface area contributed by atoms with Gasteiger partial charge in [-0.15, -0.1) is 0 Å². The molecule has 4 aromatic carbocycles. The fourth-order valence-electron chi connectivity index (χ4n) is 4.18. The number of hydrogen-bond acceptors (Lipinski definition) is 5. The van der Waals surface area contributed by atoms with Gasteiger partial charge in [-0.25, -0.2) is 10.2 Å². The summed E-state index contributed by atoms with van der Waals surface area (Å²) < 4.78 is 12.1. The van der Waals surface area contributed by atoms with Crippen LogP contribution in [0, 0.1) is 0 Å². The number of hydrazone groups is 1. The van der Waals surface area contributed by atoms with Crippen LogP contribution in [-0.2, 0) is 0 Å². The number of nitrogens with one attached hydrogen (secondary N) is 2. The van der Waals surface area contributed by atoms with Crippen molar-refractivity contribution in [2.75, 3.05) is 7.11 Å². The van der Waals surface area contributed by atoms with Gasteiger partial charge in [-0.05, 0) is 70.5 Å². The van der Waals surface area contributed by atoms with Gasteiger partial charge in [0, 0.05) is 42.1 Å². The van der Waals surface area contributed by atoms with Crippen molar-refractivity contribution in [2.24, 2.45) is 5.10 Å². The van der Waals surface area contributed by atoms with E-state index in [4.69, 9.17) is 32.7 Å². The van der Waals surface area contributed by atoms with E-state index < -0.39 is 11.9 Å². The number of esters is 1. The maximum Gasteiger partial charge on any atom is 0.343 e. The van der Waals surface area contributed by atoms with Gasteiger partial charge in [0.05, 0.1) is 23.4 Å². The summed E-state index contributed by atoms with van der Waals surface area (Å²) in [5.41, 5.74) is 5.52. The van der Waals surface area contributed by atoms with Crippen molar-refractivity contribution < 1.29 is 19.1 Å². The zero-order valence-corrected chi connectivity index (χ0v) is 25.9. The Morgan fingerprint density at radius 3 is 2.56 bits per heavy atom. The number of hydrogen-bond donors (Lipinski definition) is 2. The first-order valence-electron chi connectivity index (χ1n) is 12.0. The van der Waals surface area contributed by atoms with E-state index in [1.807, 2.05) is 18.2 Å². The number of aromatic nitrogens is 1. The fraction of sp³-hybridized carbons (Fsp3) is 0.0333. The summed E-state index contributed by atoms with van der Waals surface area (Å²) in [5, 5.41) is 5.89. The maximum atomic E-state index is 13.4. The SMILES string of the molecule is COc1cccc(C(=O)Oc2c(Br)cc(Br)cc2C=NNC(=O)c2[nH]c3ccc(Cl)cc3c2-c2ccccc2Cl)c1. The van der Waals surface area contributed by atoms with E-state index in [2.05, 4.69) is 47.4 Å². The minimum Gasteiger partial charge on any atom is -0.497 e. The predicted octanol–water partition coefficient (Wildman–Crippen LogP) is 8.66. The molecule has 0 aliphatic carbocycles. The van der Waals surface area contributed by atoms with Crippen LogP contribution in [0.2, 0.25) is 10.0 Å².